The molecule has 0 radical (unpaired) electrons. The minimum atomic E-state index is -0.152. The molecular weight excluding hydrogens is 194 g/mol. The van der Waals surface area contributed by atoms with Crippen LogP contribution in [0.5, 0.6) is 0 Å². The van der Waals surface area contributed by atoms with Gasteiger partial charge in [-0.1, -0.05) is 6.92 Å². The smallest absolute Gasteiger partial charge is 0.252 e. The van der Waals surface area contributed by atoms with Gasteiger partial charge < -0.3 is 15.4 Å². The third kappa shape index (κ3) is 3.71. The van der Waals surface area contributed by atoms with Crippen molar-refractivity contribution in [2.45, 2.75) is 32.7 Å². The van der Waals surface area contributed by atoms with Crippen molar-refractivity contribution >= 4 is 5.82 Å². The van der Waals surface area contributed by atoms with Gasteiger partial charge in [-0.3, -0.25) is 4.79 Å². The predicted octanol–water partition coefficient (Wildman–Crippen LogP) is 0.515. The van der Waals surface area contributed by atoms with E-state index in [0.717, 1.165) is 0 Å². The lowest BCUT2D eigenvalue weighted by atomic mass is 10.2. The van der Waals surface area contributed by atoms with E-state index in [2.05, 4.69) is 15.3 Å². The third-order valence-electron chi connectivity index (χ3n) is 2.08. The highest BCUT2D eigenvalue weighted by molar-refractivity contribution is 5.33. The molecule has 0 saturated heterocycles. The van der Waals surface area contributed by atoms with Crippen LogP contribution in [0, 0.1) is 0 Å². The summed E-state index contributed by atoms with van der Waals surface area (Å²) in [7, 11) is 0. The number of aliphatic hydroxyl groups excluding tert-OH is 1. The highest BCUT2D eigenvalue weighted by atomic mass is 16.3. The highest BCUT2D eigenvalue weighted by Gasteiger charge is 2.04. The topological polar surface area (TPSA) is 78.0 Å². The van der Waals surface area contributed by atoms with Crippen LogP contribution in [0.4, 0.5) is 5.82 Å². The van der Waals surface area contributed by atoms with Gasteiger partial charge in [0, 0.05) is 25.1 Å². The number of aryl methyl sites for hydroxylation is 1. The fraction of sp³-hybridized carbons (Fsp3) is 0.600. The summed E-state index contributed by atoms with van der Waals surface area (Å²) in [6, 6.07) is 1.53. The molecule has 3 N–H and O–H groups in total. The molecule has 0 aliphatic rings. The zero-order valence-electron chi connectivity index (χ0n) is 9.08. The average Bonchev–Trinajstić information content (AvgIpc) is 2.17. The Balaban J connectivity index is 2.76. The quantitative estimate of drug-likeness (QED) is 0.663. The third-order valence-corrected chi connectivity index (χ3v) is 2.08. The Morgan fingerprint density at radius 3 is 3.00 bits per heavy atom. The van der Waals surface area contributed by atoms with E-state index < -0.39 is 0 Å². The Morgan fingerprint density at radius 1 is 1.67 bits per heavy atom. The molecular formula is C10H17N3O2. The highest BCUT2D eigenvalue weighted by Crippen LogP contribution is 2.03. The lowest BCUT2D eigenvalue weighted by Crippen LogP contribution is -2.20. The van der Waals surface area contributed by atoms with E-state index in [4.69, 9.17) is 5.11 Å². The molecule has 1 atom stereocenters. The van der Waals surface area contributed by atoms with Crippen molar-refractivity contribution in [2.24, 2.45) is 0 Å². The number of H-pyrrole nitrogens is 1. The van der Waals surface area contributed by atoms with E-state index in [-0.39, 0.29) is 18.2 Å². The molecule has 0 spiro atoms. The van der Waals surface area contributed by atoms with E-state index in [1.54, 1.807) is 0 Å². The molecule has 0 aromatic carbocycles. The maximum atomic E-state index is 11.2. The molecule has 84 valence electrons. The lowest BCUT2D eigenvalue weighted by molar-refractivity contribution is 0.282. The van der Waals surface area contributed by atoms with E-state index in [1.165, 1.54) is 6.07 Å². The molecule has 0 aliphatic heterocycles. The van der Waals surface area contributed by atoms with Gasteiger partial charge >= 0.3 is 0 Å². The van der Waals surface area contributed by atoms with Crippen molar-refractivity contribution in [1.82, 2.24) is 9.97 Å². The van der Waals surface area contributed by atoms with Gasteiger partial charge in [0.1, 0.15) is 11.6 Å². The van der Waals surface area contributed by atoms with Gasteiger partial charge in [0.2, 0.25) is 0 Å². The molecule has 1 rings (SSSR count). The Morgan fingerprint density at radius 2 is 2.40 bits per heavy atom. The number of hydrogen-bond acceptors (Lipinski definition) is 4. The molecule has 1 heterocycles. The Hall–Kier alpha value is -1.36. The van der Waals surface area contributed by atoms with Gasteiger partial charge in [-0.05, 0) is 13.3 Å². The Kier molecular flexibility index (Phi) is 4.30. The Bertz CT molecular complexity index is 362. The van der Waals surface area contributed by atoms with Crippen molar-refractivity contribution in [3.05, 3.63) is 22.2 Å². The average molecular weight is 211 g/mol. The van der Waals surface area contributed by atoms with Crippen molar-refractivity contribution in [3.8, 4) is 0 Å². The van der Waals surface area contributed by atoms with Crippen LogP contribution in [-0.2, 0) is 6.42 Å². The first kappa shape index (κ1) is 11.7. The van der Waals surface area contributed by atoms with Crippen LogP contribution in [0.3, 0.4) is 0 Å². The summed E-state index contributed by atoms with van der Waals surface area (Å²) in [6.45, 7) is 3.99. The van der Waals surface area contributed by atoms with E-state index in [1.807, 2.05) is 13.8 Å². The molecule has 5 nitrogen and oxygen atoms in total. The first-order chi connectivity index (χ1) is 7.15. The maximum absolute atomic E-state index is 11.2. The molecule has 0 amide bonds. The molecule has 0 aliphatic carbocycles. The van der Waals surface area contributed by atoms with Crippen LogP contribution >= 0.6 is 0 Å². The van der Waals surface area contributed by atoms with Gasteiger partial charge in [0.25, 0.3) is 5.56 Å². The fourth-order valence-corrected chi connectivity index (χ4v) is 1.27. The zero-order valence-corrected chi connectivity index (χ0v) is 9.08. The van der Waals surface area contributed by atoms with Crippen LogP contribution in [0.15, 0.2) is 10.9 Å². The summed E-state index contributed by atoms with van der Waals surface area (Å²) in [5.74, 6) is 1.23. The maximum Gasteiger partial charge on any atom is 0.252 e. The number of rotatable bonds is 5. The van der Waals surface area contributed by atoms with E-state index >= 15 is 0 Å². The summed E-state index contributed by atoms with van der Waals surface area (Å²) < 4.78 is 0. The predicted molar refractivity (Wildman–Crippen MR) is 59.0 cm³/mol. The normalized spacial score (nSPS) is 12.5. The van der Waals surface area contributed by atoms with E-state index in [9.17, 15) is 4.79 Å². The molecule has 1 aromatic heterocycles. The van der Waals surface area contributed by atoms with Gasteiger partial charge in [-0.2, -0.15) is 0 Å². The first-order valence-electron chi connectivity index (χ1n) is 5.13. The molecule has 1 aromatic rings. The summed E-state index contributed by atoms with van der Waals surface area (Å²) in [5, 5.41) is 11.8. The first-order valence-corrected chi connectivity index (χ1v) is 5.13. The van der Waals surface area contributed by atoms with Gasteiger partial charge in [-0.15, -0.1) is 0 Å². The second kappa shape index (κ2) is 5.50. The second-order valence-electron chi connectivity index (χ2n) is 3.49. The van der Waals surface area contributed by atoms with Crippen molar-refractivity contribution in [3.63, 3.8) is 0 Å². The standard InChI is InChI=1S/C10H17N3O2/c1-3-8-12-9(6-10(15)13-8)11-7(2)4-5-14/h6-7,14H,3-5H2,1-2H3,(H2,11,12,13,15). The van der Waals surface area contributed by atoms with Gasteiger partial charge in [0.15, 0.2) is 0 Å². The number of anilines is 1. The van der Waals surface area contributed by atoms with Crippen LogP contribution < -0.4 is 10.9 Å². The van der Waals surface area contributed by atoms with Crippen molar-refractivity contribution in [2.75, 3.05) is 11.9 Å². The number of aromatic amines is 1. The summed E-state index contributed by atoms with van der Waals surface area (Å²) >= 11 is 0. The summed E-state index contributed by atoms with van der Waals surface area (Å²) in [5.41, 5.74) is -0.152. The van der Waals surface area contributed by atoms with Gasteiger partial charge in [-0.25, -0.2) is 4.98 Å². The SMILES string of the molecule is CCc1nc(NC(C)CCO)cc(=O)[nH]1. The molecule has 15 heavy (non-hydrogen) atoms. The molecule has 5 heteroatoms. The number of aliphatic hydroxyl groups is 1. The minimum Gasteiger partial charge on any atom is -0.396 e. The summed E-state index contributed by atoms with van der Waals surface area (Å²) in [4.78, 5) is 18.1. The van der Waals surface area contributed by atoms with E-state index in [0.29, 0.717) is 24.5 Å². The number of hydrogen-bond donors (Lipinski definition) is 3. The monoisotopic (exact) mass is 211 g/mol. The summed E-state index contributed by atoms with van der Waals surface area (Å²) in [6.07, 6.45) is 1.33. The van der Waals surface area contributed by atoms with Crippen LogP contribution in [-0.4, -0.2) is 27.7 Å². The van der Waals surface area contributed by atoms with Crippen LogP contribution in [0.1, 0.15) is 26.1 Å². The van der Waals surface area contributed by atoms with Crippen LogP contribution in [0.25, 0.3) is 0 Å². The molecule has 1 unspecified atom stereocenters. The Labute approximate surface area is 88.6 Å². The lowest BCUT2D eigenvalue weighted by Gasteiger charge is -2.13. The second-order valence-corrected chi connectivity index (χ2v) is 3.49. The zero-order chi connectivity index (χ0) is 11.3. The fourth-order valence-electron chi connectivity index (χ4n) is 1.27. The van der Waals surface area contributed by atoms with Crippen molar-refractivity contribution in [1.29, 1.82) is 0 Å². The van der Waals surface area contributed by atoms with Crippen LogP contribution in [0.2, 0.25) is 0 Å². The molecule has 0 fully saturated rings. The number of nitrogens with one attached hydrogen (secondary N) is 2. The largest absolute Gasteiger partial charge is 0.396 e. The molecule has 0 bridgehead atoms. The van der Waals surface area contributed by atoms with Crippen molar-refractivity contribution < 1.29 is 5.11 Å². The number of aromatic nitrogens is 2. The number of nitrogens with zero attached hydrogens (tertiary/aromatic N) is 1. The molecule has 0 saturated carbocycles. The van der Waals surface area contributed by atoms with Gasteiger partial charge in [0.05, 0.1) is 0 Å². The minimum absolute atomic E-state index is 0.106.